The number of amides is 1. The van der Waals surface area contributed by atoms with Gasteiger partial charge < -0.3 is 10.6 Å². The lowest BCUT2D eigenvalue weighted by Crippen LogP contribution is -2.33. The van der Waals surface area contributed by atoms with E-state index in [1.165, 1.54) is 12.8 Å². The lowest BCUT2D eigenvalue weighted by molar-refractivity contribution is -0.122. The average Bonchev–Trinajstić information content (AvgIpc) is 2.81. The first-order valence-electron chi connectivity index (χ1n) is 6.49. The number of rotatable bonds is 4. The van der Waals surface area contributed by atoms with Crippen LogP contribution in [0.15, 0.2) is 12.2 Å². The Bertz CT molecular complexity index is 249. The maximum atomic E-state index is 11.7. The molecule has 1 heterocycles. The average molecular weight is 222 g/mol. The topological polar surface area (TPSA) is 41.1 Å². The Morgan fingerprint density at radius 2 is 1.94 bits per heavy atom. The maximum absolute atomic E-state index is 11.7. The summed E-state index contributed by atoms with van der Waals surface area (Å²) in [5, 5.41) is 6.45. The van der Waals surface area contributed by atoms with E-state index >= 15 is 0 Å². The molecule has 0 spiro atoms. The molecule has 2 rings (SSSR count). The third kappa shape index (κ3) is 3.63. The van der Waals surface area contributed by atoms with E-state index in [1.54, 1.807) is 0 Å². The Morgan fingerprint density at radius 3 is 2.62 bits per heavy atom. The van der Waals surface area contributed by atoms with Gasteiger partial charge in [-0.25, -0.2) is 0 Å². The standard InChI is InChI=1S/C13H22N2O/c16-13(15-12-3-1-2-4-12)6-5-11-7-9-14-10-8-11/h1-2,11-12,14H,3-10H2,(H,15,16). The first-order valence-corrected chi connectivity index (χ1v) is 6.49. The Labute approximate surface area is 97.7 Å². The van der Waals surface area contributed by atoms with Gasteiger partial charge in [0.1, 0.15) is 0 Å². The highest BCUT2D eigenvalue weighted by Crippen LogP contribution is 2.18. The van der Waals surface area contributed by atoms with Crippen molar-refractivity contribution in [3.63, 3.8) is 0 Å². The van der Waals surface area contributed by atoms with Gasteiger partial charge in [-0.1, -0.05) is 12.2 Å². The summed E-state index contributed by atoms with van der Waals surface area (Å²) >= 11 is 0. The van der Waals surface area contributed by atoms with Crippen LogP contribution in [0.2, 0.25) is 0 Å². The smallest absolute Gasteiger partial charge is 0.220 e. The van der Waals surface area contributed by atoms with E-state index in [9.17, 15) is 4.79 Å². The predicted molar refractivity (Wildman–Crippen MR) is 65.1 cm³/mol. The van der Waals surface area contributed by atoms with Gasteiger partial charge in [0.2, 0.25) is 5.91 Å². The number of hydrogen-bond acceptors (Lipinski definition) is 2. The lowest BCUT2D eigenvalue weighted by Gasteiger charge is -2.22. The number of carbonyl (C=O) groups excluding carboxylic acids is 1. The zero-order chi connectivity index (χ0) is 11.2. The molecular formula is C13H22N2O. The second-order valence-corrected chi connectivity index (χ2v) is 4.94. The molecule has 0 aromatic rings. The van der Waals surface area contributed by atoms with Gasteiger partial charge in [-0.3, -0.25) is 4.79 Å². The Morgan fingerprint density at radius 1 is 1.25 bits per heavy atom. The third-order valence-electron chi connectivity index (χ3n) is 3.61. The largest absolute Gasteiger partial charge is 0.353 e. The maximum Gasteiger partial charge on any atom is 0.220 e. The summed E-state index contributed by atoms with van der Waals surface area (Å²) in [7, 11) is 0. The SMILES string of the molecule is O=C(CCC1CCNCC1)NC1CC=CC1. The Kier molecular flexibility index (Phi) is 4.40. The van der Waals surface area contributed by atoms with Gasteiger partial charge in [-0.15, -0.1) is 0 Å². The summed E-state index contributed by atoms with van der Waals surface area (Å²) in [5.41, 5.74) is 0. The van der Waals surface area contributed by atoms with Gasteiger partial charge in [-0.05, 0) is 51.1 Å². The molecule has 3 nitrogen and oxygen atoms in total. The third-order valence-corrected chi connectivity index (χ3v) is 3.61. The van der Waals surface area contributed by atoms with Crippen molar-refractivity contribution in [2.45, 2.75) is 44.6 Å². The molecule has 0 bridgehead atoms. The van der Waals surface area contributed by atoms with Gasteiger partial charge in [0, 0.05) is 12.5 Å². The monoisotopic (exact) mass is 222 g/mol. The second kappa shape index (κ2) is 6.04. The highest BCUT2D eigenvalue weighted by molar-refractivity contribution is 5.76. The van der Waals surface area contributed by atoms with Crippen molar-refractivity contribution in [1.29, 1.82) is 0 Å². The van der Waals surface area contributed by atoms with Crippen LogP contribution >= 0.6 is 0 Å². The molecule has 3 heteroatoms. The molecule has 0 radical (unpaired) electrons. The summed E-state index contributed by atoms with van der Waals surface area (Å²) in [6, 6.07) is 0.375. The Hall–Kier alpha value is -0.830. The van der Waals surface area contributed by atoms with Crippen molar-refractivity contribution >= 4 is 5.91 Å². The fourth-order valence-electron chi connectivity index (χ4n) is 2.54. The van der Waals surface area contributed by atoms with Crippen LogP contribution in [0.1, 0.15) is 38.5 Å². The quantitative estimate of drug-likeness (QED) is 0.709. The van der Waals surface area contributed by atoms with Crippen molar-refractivity contribution in [3.8, 4) is 0 Å². The lowest BCUT2D eigenvalue weighted by atomic mass is 9.93. The van der Waals surface area contributed by atoms with Crippen molar-refractivity contribution in [2.24, 2.45) is 5.92 Å². The van der Waals surface area contributed by atoms with Gasteiger partial charge in [0.15, 0.2) is 0 Å². The van der Waals surface area contributed by atoms with Gasteiger partial charge in [0.05, 0.1) is 0 Å². The minimum atomic E-state index is 0.243. The van der Waals surface area contributed by atoms with Crippen molar-refractivity contribution in [3.05, 3.63) is 12.2 Å². The normalized spacial score (nSPS) is 22.5. The van der Waals surface area contributed by atoms with Crippen LogP contribution in [0.25, 0.3) is 0 Å². The molecule has 90 valence electrons. The van der Waals surface area contributed by atoms with Crippen LogP contribution in [0.5, 0.6) is 0 Å². The molecule has 1 fully saturated rings. The van der Waals surface area contributed by atoms with Crippen LogP contribution in [0, 0.1) is 5.92 Å². The number of hydrogen-bond donors (Lipinski definition) is 2. The zero-order valence-corrected chi connectivity index (χ0v) is 9.87. The van der Waals surface area contributed by atoms with E-state index in [4.69, 9.17) is 0 Å². The van der Waals surface area contributed by atoms with Crippen LogP contribution in [0.4, 0.5) is 0 Å². The van der Waals surface area contributed by atoms with E-state index in [2.05, 4.69) is 22.8 Å². The van der Waals surface area contributed by atoms with E-state index in [-0.39, 0.29) is 5.91 Å². The fraction of sp³-hybridized carbons (Fsp3) is 0.769. The minimum absolute atomic E-state index is 0.243. The predicted octanol–water partition coefficient (Wildman–Crippen LogP) is 1.60. The number of carbonyl (C=O) groups is 1. The van der Waals surface area contributed by atoms with E-state index in [1.807, 2.05) is 0 Å². The highest BCUT2D eigenvalue weighted by Gasteiger charge is 2.16. The molecule has 16 heavy (non-hydrogen) atoms. The summed E-state index contributed by atoms with van der Waals surface area (Å²) in [6.07, 6.45) is 10.6. The highest BCUT2D eigenvalue weighted by atomic mass is 16.1. The van der Waals surface area contributed by atoms with Crippen molar-refractivity contribution < 1.29 is 4.79 Å². The summed E-state index contributed by atoms with van der Waals surface area (Å²) < 4.78 is 0. The van der Waals surface area contributed by atoms with Crippen molar-refractivity contribution in [1.82, 2.24) is 10.6 Å². The number of piperidine rings is 1. The van der Waals surface area contributed by atoms with Gasteiger partial charge in [-0.2, -0.15) is 0 Å². The van der Waals surface area contributed by atoms with Crippen LogP contribution < -0.4 is 10.6 Å². The van der Waals surface area contributed by atoms with Crippen LogP contribution in [0.3, 0.4) is 0 Å². The summed E-state index contributed by atoms with van der Waals surface area (Å²) in [5.74, 6) is 1.00. The molecule has 1 aliphatic carbocycles. The number of nitrogens with one attached hydrogen (secondary N) is 2. The Balaban J connectivity index is 1.59. The second-order valence-electron chi connectivity index (χ2n) is 4.94. The molecular weight excluding hydrogens is 200 g/mol. The van der Waals surface area contributed by atoms with E-state index in [0.717, 1.165) is 38.3 Å². The van der Waals surface area contributed by atoms with E-state index < -0.39 is 0 Å². The fourth-order valence-corrected chi connectivity index (χ4v) is 2.54. The minimum Gasteiger partial charge on any atom is -0.353 e. The molecule has 1 aliphatic heterocycles. The molecule has 2 aliphatic rings. The van der Waals surface area contributed by atoms with Crippen LogP contribution in [-0.2, 0) is 4.79 Å². The first kappa shape index (κ1) is 11.6. The summed E-state index contributed by atoms with van der Waals surface area (Å²) in [4.78, 5) is 11.7. The van der Waals surface area contributed by atoms with Crippen molar-refractivity contribution in [2.75, 3.05) is 13.1 Å². The van der Waals surface area contributed by atoms with Gasteiger partial charge >= 0.3 is 0 Å². The molecule has 0 saturated carbocycles. The van der Waals surface area contributed by atoms with Crippen LogP contribution in [-0.4, -0.2) is 25.0 Å². The molecule has 0 unspecified atom stereocenters. The molecule has 2 N–H and O–H groups in total. The van der Waals surface area contributed by atoms with E-state index in [0.29, 0.717) is 12.5 Å². The zero-order valence-electron chi connectivity index (χ0n) is 9.87. The van der Waals surface area contributed by atoms with Gasteiger partial charge in [0.25, 0.3) is 0 Å². The molecule has 0 aromatic heterocycles. The molecule has 0 aromatic carbocycles. The molecule has 1 amide bonds. The molecule has 1 saturated heterocycles. The summed E-state index contributed by atoms with van der Waals surface area (Å²) in [6.45, 7) is 2.25. The first-order chi connectivity index (χ1) is 7.84. The molecule has 0 atom stereocenters.